The van der Waals surface area contributed by atoms with Crippen molar-refractivity contribution in [1.82, 2.24) is 0 Å². The Morgan fingerprint density at radius 3 is 2.89 bits per heavy atom. The van der Waals surface area contributed by atoms with E-state index in [0.717, 1.165) is 17.7 Å². The van der Waals surface area contributed by atoms with Gasteiger partial charge in [-0.25, -0.2) is 0 Å². The van der Waals surface area contributed by atoms with Crippen LogP contribution in [0.25, 0.3) is 0 Å². The van der Waals surface area contributed by atoms with Crippen molar-refractivity contribution < 1.29 is 9.53 Å². The molecular weight excluding hydrogens is 240 g/mol. The fraction of sp³-hybridized carbons (Fsp3) is 0.533. The van der Waals surface area contributed by atoms with Crippen molar-refractivity contribution in [3.8, 4) is 0 Å². The van der Waals surface area contributed by atoms with Crippen LogP contribution in [0.15, 0.2) is 18.2 Å². The van der Waals surface area contributed by atoms with Gasteiger partial charge in [-0.2, -0.15) is 0 Å². The summed E-state index contributed by atoms with van der Waals surface area (Å²) in [6.07, 6.45) is 5.35. The van der Waals surface area contributed by atoms with Gasteiger partial charge in [-0.15, -0.1) is 0 Å². The van der Waals surface area contributed by atoms with Gasteiger partial charge < -0.3 is 15.8 Å². The smallest absolute Gasteiger partial charge is 0.224 e. The highest BCUT2D eigenvalue weighted by atomic mass is 16.5. The normalized spacial score (nSPS) is 15.0. The van der Waals surface area contributed by atoms with Gasteiger partial charge in [-0.3, -0.25) is 4.79 Å². The van der Waals surface area contributed by atoms with Crippen LogP contribution in [0.1, 0.15) is 37.7 Å². The Labute approximate surface area is 114 Å². The number of anilines is 2. The minimum atomic E-state index is 0.0325. The summed E-state index contributed by atoms with van der Waals surface area (Å²) in [5.41, 5.74) is 8.20. The lowest BCUT2D eigenvalue weighted by Gasteiger charge is -2.25. The van der Waals surface area contributed by atoms with Crippen LogP contribution in [0.3, 0.4) is 0 Å². The molecular formula is C15H22N2O2. The van der Waals surface area contributed by atoms with Crippen LogP contribution in [-0.2, 0) is 9.53 Å². The molecule has 0 saturated heterocycles. The van der Waals surface area contributed by atoms with E-state index in [2.05, 4.69) is 5.32 Å². The molecule has 19 heavy (non-hydrogen) atoms. The summed E-state index contributed by atoms with van der Waals surface area (Å²) in [6.45, 7) is 2.62. The predicted molar refractivity (Wildman–Crippen MR) is 77.0 cm³/mol. The van der Waals surface area contributed by atoms with Gasteiger partial charge in [0.05, 0.1) is 6.10 Å². The Balaban J connectivity index is 1.68. The average molecular weight is 262 g/mol. The third kappa shape index (κ3) is 4.24. The molecule has 0 bridgehead atoms. The minimum Gasteiger partial charge on any atom is -0.399 e. The van der Waals surface area contributed by atoms with E-state index in [4.69, 9.17) is 10.5 Å². The minimum absolute atomic E-state index is 0.0325. The second kappa shape index (κ2) is 6.57. The average Bonchev–Trinajstić information content (AvgIpc) is 2.30. The van der Waals surface area contributed by atoms with Crippen molar-refractivity contribution in [2.75, 3.05) is 17.7 Å². The van der Waals surface area contributed by atoms with Gasteiger partial charge in [0.15, 0.2) is 0 Å². The Kier molecular flexibility index (Phi) is 4.80. The van der Waals surface area contributed by atoms with Crippen LogP contribution < -0.4 is 11.1 Å². The Bertz CT molecular complexity index is 442. The molecule has 2 rings (SSSR count). The molecule has 1 fully saturated rings. The summed E-state index contributed by atoms with van der Waals surface area (Å²) in [7, 11) is 0. The molecule has 1 saturated carbocycles. The van der Waals surface area contributed by atoms with Crippen LogP contribution in [0.5, 0.6) is 0 Å². The number of carbonyl (C=O) groups excluding carboxylic acids is 1. The van der Waals surface area contributed by atoms with Crippen LogP contribution >= 0.6 is 0 Å². The predicted octanol–water partition coefficient (Wildman–Crippen LogP) is 2.87. The molecule has 0 radical (unpaired) electrons. The van der Waals surface area contributed by atoms with Crippen LogP contribution in [-0.4, -0.2) is 18.6 Å². The first kappa shape index (κ1) is 13.9. The first-order chi connectivity index (χ1) is 9.15. The molecule has 0 aromatic heterocycles. The van der Waals surface area contributed by atoms with Crippen molar-refractivity contribution in [3.63, 3.8) is 0 Å². The van der Waals surface area contributed by atoms with Gasteiger partial charge in [-0.1, -0.05) is 0 Å². The molecule has 1 aliphatic carbocycles. The maximum Gasteiger partial charge on any atom is 0.224 e. The molecule has 1 aromatic carbocycles. The number of carbonyl (C=O) groups is 1. The number of nitrogen functional groups attached to an aromatic ring is 1. The monoisotopic (exact) mass is 262 g/mol. The number of hydrogen-bond acceptors (Lipinski definition) is 3. The van der Waals surface area contributed by atoms with E-state index < -0.39 is 0 Å². The first-order valence-electron chi connectivity index (χ1n) is 6.93. The zero-order valence-electron chi connectivity index (χ0n) is 11.4. The standard InChI is InChI=1S/C15H22N2O2/c1-11-10-12(16)7-8-14(11)17-15(18)6-3-9-19-13-4-2-5-13/h7-8,10,13H,2-6,9,16H2,1H3,(H,17,18). The number of nitrogens with one attached hydrogen (secondary N) is 1. The summed E-state index contributed by atoms with van der Waals surface area (Å²) in [5.74, 6) is 0.0325. The highest BCUT2D eigenvalue weighted by molar-refractivity contribution is 5.91. The van der Waals surface area contributed by atoms with Gasteiger partial charge in [-0.05, 0) is 56.4 Å². The molecule has 1 aromatic rings. The van der Waals surface area contributed by atoms with E-state index in [9.17, 15) is 4.79 Å². The summed E-state index contributed by atoms with van der Waals surface area (Å²) in [4.78, 5) is 11.8. The Hall–Kier alpha value is -1.55. The molecule has 0 atom stereocenters. The highest BCUT2D eigenvalue weighted by Crippen LogP contribution is 2.22. The van der Waals surface area contributed by atoms with E-state index in [1.54, 1.807) is 6.07 Å². The topological polar surface area (TPSA) is 64.3 Å². The lowest BCUT2D eigenvalue weighted by atomic mass is 9.96. The molecule has 3 N–H and O–H groups in total. The van der Waals surface area contributed by atoms with Crippen LogP contribution in [0, 0.1) is 6.92 Å². The van der Waals surface area contributed by atoms with E-state index in [1.807, 2.05) is 19.1 Å². The number of amides is 1. The van der Waals surface area contributed by atoms with Gasteiger partial charge in [0, 0.05) is 24.4 Å². The third-order valence-corrected chi connectivity index (χ3v) is 3.48. The molecule has 0 unspecified atom stereocenters. The number of benzene rings is 1. The molecule has 0 spiro atoms. The second-order valence-corrected chi connectivity index (χ2v) is 5.15. The van der Waals surface area contributed by atoms with E-state index in [-0.39, 0.29) is 5.91 Å². The second-order valence-electron chi connectivity index (χ2n) is 5.15. The number of nitrogens with two attached hydrogens (primary N) is 1. The molecule has 4 nitrogen and oxygen atoms in total. The summed E-state index contributed by atoms with van der Waals surface area (Å²) in [5, 5.41) is 2.90. The number of rotatable bonds is 6. The highest BCUT2D eigenvalue weighted by Gasteiger charge is 2.17. The number of hydrogen-bond donors (Lipinski definition) is 2. The van der Waals surface area contributed by atoms with Gasteiger partial charge >= 0.3 is 0 Å². The van der Waals surface area contributed by atoms with Crippen molar-refractivity contribution in [2.24, 2.45) is 0 Å². The SMILES string of the molecule is Cc1cc(N)ccc1NC(=O)CCCOC1CCC1. The molecule has 1 aliphatic rings. The quantitative estimate of drug-likeness (QED) is 0.612. The number of aryl methyl sites for hydroxylation is 1. The van der Waals surface area contributed by atoms with Crippen molar-refractivity contribution >= 4 is 17.3 Å². The molecule has 0 aliphatic heterocycles. The Morgan fingerprint density at radius 1 is 1.47 bits per heavy atom. The summed E-state index contributed by atoms with van der Waals surface area (Å²) >= 11 is 0. The largest absolute Gasteiger partial charge is 0.399 e. The van der Waals surface area contributed by atoms with E-state index in [1.165, 1.54) is 19.3 Å². The van der Waals surface area contributed by atoms with Crippen LogP contribution in [0.2, 0.25) is 0 Å². The molecule has 4 heteroatoms. The van der Waals surface area contributed by atoms with E-state index >= 15 is 0 Å². The third-order valence-electron chi connectivity index (χ3n) is 3.48. The number of ether oxygens (including phenoxy) is 1. The summed E-state index contributed by atoms with van der Waals surface area (Å²) in [6, 6.07) is 5.49. The fourth-order valence-corrected chi connectivity index (χ4v) is 2.06. The van der Waals surface area contributed by atoms with Gasteiger partial charge in [0.2, 0.25) is 5.91 Å². The zero-order valence-corrected chi connectivity index (χ0v) is 11.4. The van der Waals surface area contributed by atoms with Crippen molar-refractivity contribution in [2.45, 2.75) is 45.1 Å². The summed E-state index contributed by atoms with van der Waals surface area (Å²) < 4.78 is 5.62. The van der Waals surface area contributed by atoms with Gasteiger partial charge in [0.1, 0.15) is 0 Å². The maximum absolute atomic E-state index is 11.8. The van der Waals surface area contributed by atoms with Crippen molar-refractivity contribution in [1.29, 1.82) is 0 Å². The zero-order chi connectivity index (χ0) is 13.7. The lowest BCUT2D eigenvalue weighted by Crippen LogP contribution is -2.22. The Morgan fingerprint density at radius 2 is 2.26 bits per heavy atom. The molecule has 104 valence electrons. The van der Waals surface area contributed by atoms with Crippen LogP contribution in [0.4, 0.5) is 11.4 Å². The molecule has 1 amide bonds. The lowest BCUT2D eigenvalue weighted by molar-refractivity contribution is -0.116. The maximum atomic E-state index is 11.8. The fourth-order valence-electron chi connectivity index (χ4n) is 2.06. The molecule has 0 heterocycles. The van der Waals surface area contributed by atoms with E-state index in [0.29, 0.717) is 24.8 Å². The van der Waals surface area contributed by atoms with Gasteiger partial charge in [0.25, 0.3) is 0 Å². The van der Waals surface area contributed by atoms with Crippen molar-refractivity contribution in [3.05, 3.63) is 23.8 Å². The first-order valence-corrected chi connectivity index (χ1v) is 6.93.